The standard InChI is InChI=1S/C20H33NO3Si/c1-18(2,3)25(6,7)24-13-21-17(22)15-16(19(15,4)5)20(21,23)14-11-9-8-10-12-14/h8-12,15-17,22-23H,13H2,1-7H3/t15-,16-,17+,20+/m0/s1. The minimum absolute atomic E-state index is 0.0143. The molecule has 3 rings (SSSR count). The van der Waals surface area contributed by atoms with Crippen molar-refractivity contribution in [3.8, 4) is 0 Å². The lowest BCUT2D eigenvalue weighted by Crippen LogP contribution is -2.54. The molecule has 0 amide bonds. The van der Waals surface area contributed by atoms with Gasteiger partial charge in [-0.1, -0.05) is 65.0 Å². The van der Waals surface area contributed by atoms with Gasteiger partial charge < -0.3 is 14.6 Å². The van der Waals surface area contributed by atoms with Crippen molar-refractivity contribution >= 4 is 8.32 Å². The van der Waals surface area contributed by atoms with Gasteiger partial charge in [0, 0.05) is 11.8 Å². The number of nitrogens with zero attached hydrogens (tertiary/aromatic N) is 1. The lowest BCUT2D eigenvalue weighted by Gasteiger charge is -2.44. The Morgan fingerprint density at radius 1 is 1.16 bits per heavy atom. The van der Waals surface area contributed by atoms with E-state index < -0.39 is 20.3 Å². The zero-order valence-electron chi connectivity index (χ0n) is 16.6. The topological polar surface area (TPSA) is 52.9 Å². The van der Waals surface area contributed by atoms with Gasteiger partial charge in [-0.25, -0.2) is 4.90 Å². The Kier molecular flexibility index (Phi) is 4.29. The van der Waals surface area contributed by atoms with Crippen molar-refractivity contribution in [2.24, 2.45) is 17.3 Å². The van der Waals surface area contributed by atoms with Crippen LogP contribution in [-0.2, 0) is 10.2 Å². The van der Waals surface area contributed by atoms with Crippen molar-refractivity contribution in [2.45, 2.75) is 64.7 Å². The van der Waals surface area contributed by atoms with E-state index in [0.717, 1.165) is 5.56 Å². The summed E-state index contributed by atoms with van der Waals surface area (Å²) in [6.45, 7) is 15.5. The molecule has 0 aromatic heterocycles. The monoisotopic (exact) mass is 363 g/mol. The van der Waals surface area contributed by atoms with Crippen LogP contribution in [0.1, 0.15) is 40.2 Å². The van der Waals surface area contributed by atoms with Gasteiger partial charge in [-0.2, -0.15) is 0 Å². The van der Waals surface area contributed by atoms with Gasteiger partial charge in [0.25, 0.3) is 0 Å². The average Bonchev–Trinajstić information content (AvgIpc) is 2.99. The molecule has 2 fully saturated rings. The van der Waals surface area contributed by atoms with E-state index in [0.29, 0.717) is 0 Å². The van der Waals surface area contributed by atoms with E-state index in [4.69, 9.17) is 4.43 Å². The van der Waals surface area contributed by atoms with E-state index in [2.05, 4.69) is 47.7 Å². The minimum atomic E-state index is -1.97. The Bertz CT molecular complexity index is 640. The smallest absolute Gasteiger partial charge is 0.193 e. The van der Waals surface area contributed by atoms with Gasteiger partial charge in [-0.15, -0.1) is 0 Å². The van der Waals surface area contributed by atoms with E-state index in [1.54, 1.807) is 4.90 Å². The van der Waals surface area contributed by atoms with Gasteiger partial charge in [0.05, 0.1) is 6.73 Å². The first-order chi connectivity index (χ1) is 11.3. The summed E-state index contributed by atoms with van der Waals surface area (Å²) in [5.74, 6) is 0.0844. The van der Waals surface area contributed by atoms with Crippen LogP contribution in [-0.4, -0.2) is 36.4 Å². The molecule has 0 unspecified atom stereocenters. The summed E-state index contributed by atoms with van der Waals surface area (Å²) < 4.78 is 6.35. The Balaban J connectivity index is 1.91. The fourth-order valence-corrected chi connectivity index (χ4v) is 5.12. The Morgan fingerprint density at radius 2 is 1.72 bits per heavy atom. The number of piperidine rings is 1. The van der Waals surface area contributed by atoms with Crippen molar-refractivity contribution in [2.75, 3.05) is 6.73 Å². The SMILES string of the molecule is CC1(C)[C@@H]2[C@@H](O)N(CO[Si](C)(C)C(C)(C)C)[C@@](O)(c3ccccc3)[C@@H]21. The van der Waals surface area contributed by atoms with Gasteiger partial charge >= 0.3 is 0 Å². The molecule has 1 saturated carbocycles. The molecule has 140 valence electrons. The number of rotatable bonds is 4. The molecule has 4 nitrogen and oxygen atoms in total. The van der Waals surface area contributed by atoms with Crippen LogP contribution in [0, 0.1) is 17.3 Å². The van der Waals surface area contributed by atoms with Crippen LogP contribution < -0.4 is 0 Å². The molecule has 4 atom stereocenters. The minimum Gasteiger partial charge on any atom is -0.404 e. The predicted molar refractivity (Wildman–Crippen MR) is 102 cm³/mol. The van der Waals surface area contributed by atoms with Gasteiger partial charge in [0.15, 0.2) is 14.0 Å². The van der Waals surface area contributed by atoms with Crippen molar-refractivity contribution in [3.63, 3.8) is 0 Å². The molecule has 25 heavy (non-hydrogen) atoms. The lowest BCUT2D eigenvalue weighted by atomic mass is 9.92. The molecule has 2 N–H and O–H groups in total. The maximum atomic E-state index is 11.7. The summed E-state index contributed by atoms with van der Waals surface area (Å²) in [5.41, 5.74) is -0.416. The molecule has 0 radical (unpaired) electrons. The van der Waals surface area contributed by atoms with Crippen LogP contribution in [0.15, 0.2) is 30.3 Å². The first kappa shape index (κ1) is 19.0. The first-order valence-electron chi connectivity index (χ1n) is 9.22. The predicted octanol–water partition coefficient (Wildman–Crippen LogP) is 3.72. The van der Waals surface area contributed by atoms with E-state index in [-0.39, 0.29) is 29.0 Å². The number of likely N-dealkylation sites (tertiary alicyclic amines) is 1. The number of aliphatic hydroxyl groups is 2. The normalized spacial score (nSPS) is 34.8. The van der Waals surface area contributed by atoms with Gasteiger partial charge in [-0.05, 0) is 29.1 Å². The summed E-state index contributed by atoms with van der Waals surface area (Å²) in [5, 5.41) is 22.8. The van der Waals surface area contributed by atoms with Crippen molar-refractivity contribution in [3.05, 3.63) is 35.9 Å². The van der Waals surface area contributed by atoms with Crippen LogP contribution in [0.3, 0.4) is 0 Å². The summed E-state index contributed by atoms with van der Waals surface area (Å²) >= 11 is 0. The molecule has 1 saturated heterocycles. The third-order valence-corrected chi connectivity index (χ3v) is 11.5. The molecular formula is C20H33NO3Si. The fraction of sp³-hybridized carbons (Fsp3) is 0.700. The second-order valence-electron chi connectivity index (χ2n) is 9.83. The molecule has 5 heteroatoms. The van der Waals surface area contributed by atoms with Crippen LogP contribution in [0.25, 0.3) is 0 Å². The Labute approximate surface area is 152 Å². The quantitative estimate of drug-likeness (QED) is 0.801. The fourth-order valence-electron chi connectivity index (χ4n) is 4.23. The summed E-state index contributed by atoms with van der Waals surface area (Å²) in [6, 6.07) is 9.72. The zero-order chi connectivity index (χ0) is 18.8. The van der Waals surface area contributed by atoms with Crippen molar-refractivity contribution in [1.82, 2.24) is 4.90 Å². The average molecular weight is 364 g/mol. The van der Waals surface area contributed by atoms with E-state index in [1.807, 2.05) is 30.3 Å². The van der Waals surface area contributed by atoms with Gasteiger partial charge in [0.2, 0.25) is 0 Å². The highest BCUT2D eigenvalue weighted by Gasteiger charge is 2.77. The molecule has 1 aromatic rings. The molecule has 0 bridgehead atoms. The van der Waals surface area contributed by atoms with E-state index in [1.165, 1.54) is 0 Å². The number of aliphatic hydroxyl groups excluding tert-OH is 1. The third-order valence-electron chi connectivity index (χ3n) is 6.99. The number of benzene rings is 1. The number of hydrogen-bond donors (Lipinski definition) is 2. The van der Waals surface area contributed by atoms with Gasteiger partial charge in [-0.3, -0.25) is 0 Å². The molecule has 1 aliphatic heterocycles. The molecule has 1 aliphatic carbocycles. The summed E-state index contributed by atoms with van der Waals surface area (Å²) in [7, 11) is -1.97. The van der Waals surface area contributed by atoms with Crippen LogP contribution >= 0.6 is 0 Å². The maximum Gasteiger partial charge on any atom is 0.193 e. The van der Waals surface area contributed by atoms with Gasteiger partial charge in [0.1, 0.15) is 6.23 Å². The van der Waals surface area contributed by atoms with Crippen LogP contribution in [0.2, 0.25) is 18.1 Å². The summed E-state index contributed by atoms with van der Waals surface area (Å²) in [6.07, 6.45) is -0.685. The largest absolute Gasteiger partial charge is 0.404 e. The first-order valence-corrected chi connectivity index (χ1v) is 12.1. The second-order valence-corrected chi connectivity index (χ2v) is 14.6. The number of fused-ring (bicyclic) bond motifs is 1. The molecule has 1 heterocycles. The maximum absolute atomic E-state index is 11.7. The number of hydrogen-bond acceptors (Lipinski definition) is 4. The zero-order valence-corrected chi connectivity index (χ0v) is 17.6. The third kappa shape index (κ3) is 2.72. The highest BCUT2D eigenvalue weighted by atomic mass is 28.4. The second kappa shape index (κ2) is 5.63. The Morgan fingerprint density at radius 3 is 2.24 bits per heavy atom. The van der Waals surface area contributed by atoms with E-state index in [9.17, 15) is 10.2 Å². The molecule has 0 spiro atoms. The molecular weight excluding hydrogens is 330 g/mol. The van der Waals surface area contributed by atoms with Crippen molar-refractivity contribution < 1.29 is 14.6 Å². The highest BCUT2D eigenvalue weighted by Crippen LogP contribution is 2.72. The lowest BCUT2D eigenvalue weighted by molar-refractivity contribution is -0.200. The van der Waals surface area contributed by atoms with Crippen LogP contribution in [0.5, 0.6) is 0 Å². The highest BCUT2D eigenvalue weighted by molar-refractivity contribution is 6.74. The van der Waals surface area contributed by atoms with Crippen molar-refractivity contribution in [1.29, 1.82) is 0 Å². The summed E-state index contributed by atoms with van der Waals surface area (Å²) in [4.78, 5) is 1.77. The van der Waals surface area contributed by atoms with Crippen LogP contribution in [0.4, 0.5) is 0 Å². The Hall–Kier alpha value is -0.723. The molecule has 1 aromatic carbocycles. The van der Waals surface area contributed by atoms with E-state index >= 15 is 0 Å². The molecule has 2 aliphatic rings.